The van der Waals surface area contributed by atoms with Crippen molar-refractivity contribution in [3.8, 4) is 5.75 Å². The number of ether oxygens (including phenoxy) is 2. The highest BCUT2D eigenvalue weighted by molar-refractivity contribution is 6.30. The number of carbonyl (C=O) groups is 2. The Kier molecular flexibility index (Phi) is 6.69. The number of rotatable bonds is 7. The summed E-state index contributed by atoms with van der Waals surface area (Å²) in [6.45, 7) is 3.76. The summed E-state index contributed by atoms with van der Waals surface area (Å²) in [5.41, 5.74) is 0. The molecular formula is C22H29ClFN3O4. The Labute approximate surface area is 186 Å². The van der Waals surface area contributed by atoms with E-state index in [0.717, 1.165) is 25.3 Å². The van der Waals surface area contributed by atoms with Crippen LogP contribution in [0, 0.1) is 17.7 Å². The maximum absolute atomic E-state index is 13.5. The minimum absolute atomic E-state index is 0.00466. The van der Waals surface area contributed by atoms with Gasteiger partial charge in [-0.3, -0.25) is 14.9 Å². The van der Waals surface area contributed by atoms with Gasteiger partial charge >= 0.3 is 0 Å². The first-order valence-electron chi connectivity index (χ1n) is 10.9. The number of benzene rings is 1. The van der Waals surface area contributed by atoms with Gasteiger partial charge in [-0.15, -0.1) is 0 Å². The molecule has 3 aliphatic carbocycles. The smallest absolute Gasteiger partial charge is 0.258 e. The average molecular weight is 454 g/mol. The van der Waals surface area contributed by atoms with E-state index < -0.39 is 11.9 Å². The summed E-state index contributed by atoms with van der Waals surface area (Å²) in [6, 6.07) is 4.03. The third kappa shape index (κ3) is 4.96. The summed E-state index contributed by atoms with van der Waals surface area (Å²) in [5, 5.41) is 9.46. The first-order valence-corrected chi connectivity index (χ1v) is 11.3. The molecule has 9 heteroatoms. The van der Waals surface area contributed by atoms with Crippen molar-refractivity contribution in [2.75, 3.05) is 6.61 Å². The highest BCUT2D eigenvalue weighted by Gasteiger charge is 2.48. The molecule has 170 valence electrons. The molecule has 1 aromatic rings. The van der Waals surface area contributed by atoms with Crippen LogP contribution in [0.3, 0.4) is 0 Å². The van der Waals surface area contributed by atoms with Crippen molar-refractivity contribution in [1.82, 2.24) is 16.0 Å². The monoisotopic (exact) mass is 453 g/mol. The summed E-state index contributed by atoms with van der Waals surface area (Å²) in [4.78, 5) is 25.1. The second-order valence-electron chi connectivity index (χ2n) is 8.79. The molecule has 4 aliphatic rings. The zero-order chi connectivity index (χ0) is 22.1. The van der Waals surface area contributed by atoms with E-state index in [1.165, 1.54) is 12.1 Å². The third-order valence-corrected chi connectivity index (χ3v) is 6.94. The van der Waals surface area contributed by atoms with Gasteiger partial charge in [0.05, 0.1) is 5.02 Å². The van der Waals surface area contributed by atoms with Gasteiger partial charge in [0.1, 0.15) is 17.8 Å². The van der Waals surface area contributed by atoms with E-state index >= 15 is 0 Å². The standard InChI is InChI=1S/C22H29ClFN3O4/c1-3-20-25-11(2)21(31-20)22(29)27-18-9-17(12-6-13(18)7-12)26-19(28)10-30-14-4-5-15(23)16(24)8-14/h4-5,8,11-13,17-18,20-21,25H,3,6-7,9-10H2,1-2H3,(H,26,28)(H,27,29). The van der Waals surface area contributed by atoms with Gasteiger partial charge in [-0.1, -0.05) is 18.5 Å². The van der Waals surface area contributed by atoms with Gasteiger partial charge in [0.2, 0.25) is 0 Å². The van der Waals surface area contributed by atoms with Crippen LogP contribution in [-0.2, 0) is 14.3 Å². The molecule has 2 bridgehead atoms. The molecule has 0 spiro atoms. The molecule has 3 saturated carbocycles. The van der Waals surface area contributed by atoms with E-state index in [-0.39, 0.29) is 53.5 Å². The molecule has 0 aromatic heterocycles. The molecule has 5 rings (SSSR count). The van der Waals surface area contributed by atoms with Gasteiger partial charge < -0.3 is 20.1 Å². The Balaban J connectivity index is 1.27. The number of halogens is 2. The van der Waals surface area contributed by atoms with Crippen LogP contribution < -0.4 is 20.7 Å². The molecule has 2 amide bonds. The van der Waals surface area contributed by atoms with Crippen molar-refractivity contribution in [2.45, 2.75) is 70.0 Å². The van der Waals surface area contributed by atoms with E-state index in [1.807, 2.05) is 13.8 Å². The summed E-state index contributed by atoms with van der Waals surface area (Å²) >= 11 is 5.66. The summed E-state index contributed by atoms with van der Waals surface area (Å²) in [7, 11) is 0. The lowest BCUT2D eigenvalue weighted by Crippen LogP contribution is -2.61. The molecule has 1 aliphatic heterocycles. The van der Waals surface area contributed by atoms with Crippen molar-refractivity contribution < 1.29 is 23.5 Å². The molecular weight excluding hydrogens is 425 g/mol. The quantitative estimate of drug-likeness (QED) is 0.590. The van der Waals surface area contributed by atoms with Gasteiger partial charge in [0.25, 0.3) is 11.8 Å². The second-order valence-corrected chi connectivity index (χ2v) is 9.20. The molecule has 0 radical (unpaired) electrons. The summed E-state index contributed by atoms with van der Waals surface area (Å²) in [5.74, 6) is 0.166. The normalized spacial score (nSPS) is 34.0. The highest BCUT2D eigenvalue weighted by Crippen LogP contribution is 2.45. The maximum Gasteiger partial charge on any atom is 0.258 e. The van der Waals surface area contributed by atoms with E-state index in [1.54, 1.807) is 0 Å². The van der Waals surface area contributed by atoms with Crippen molar-refractivity contribution in [3.05, 3.63) is 29.0 Å². The number of nitrogens with one attached hydrogen (secondary N) is 3. The molecule has 4 fully saturated rings. The lowest BCUT2D eigenvalue weighted by atomic mass is 9.60. The Morgan fingerprint density at radius 1 is 1.23 bits per heavy atom. The minimum Gasteiger partial charge on any atom is -0.484 e. The van der Waals surface area contributed by atoms with E-state index in [0.29, 0.717) is 18.3 Å². The SMILES string of the molecule is CCC1NC(C)C(C(=O)NC2CC(NC(=O)COc3ccc(Cl)c(F)c3)C3CC2C3)O1. The predicted octanol–water partition coefficient (Wildman–Crippen LogP) is 2.37. The average Bonchev–Trinajstić information content (AvgIpc) is 3.09. The molecule has 7 nitrogen and oxygen atoms in total. The van der Waals surface area contributed by atoms with Crippen molar-refractivity contribution in [1.29, 1.82) is 0 Å². The van der Waals surface area contributed by atoms with Gasteiger partial charge in [-0.25, -0.2) is 4.39 Å². The molecule has 5 atom stereocenters. The Hall–Kier alpha value is -1.90. The van der Waals surface area contributed by atoms with Crippen LogP contribution in [0.4, 0.5) is 4.39 Å². The molecule has 1 saturated heterocycles. The topological polar surface area (TPSA) is 88.7 Å². The molecule has 5 unspecified atom stereocenters. The van der Waals surface area contributed by atoms with Gasteiger partial charge in [-0.05, 0) is 56.6 Å². The minimum atomic E-state index is -0.591. The van der Waals surface area contributed by atoms with Crippen LogP contribution in [0.5, 0.6) is 5.75 Å². The van der Waals surface area contributed by atoms with Crippen LogP contribution in [0.15, 0.2) is 18.2 Å². The highest BCUT2D eigenvalue weighted by atomic mass is 35.5. The van der Waals surface area contributed by atoms with Gasteiger partial charge in [-0.2, -0.15) is 0 Å². The van der Waals surface area contributed by atoms with E-state index in [4.69, 9.17) is 21.1 Å². The first kappa shape index (κ1) is 22.3. The van der Waals surface area contributed by atoms with Gasteiger partial charge in [0.15, 0.2) is 12.7 Å². The molecule has 1 aromatic carbocycles. The summed E-state index contributed by atoms with van der Waals surface area (Å²) in [6.07, 6.45) is 2.87. The van der Waals surface area contributed by atoms with Gasteiger partial charge in [0, 0.05) is 24.2 Å². The van der Waals surface area contributed by atoms with Crippen LogP contribution in [0.2, 0.25) is 5.02 Å². The lowest BCUT2D eigenvalue weighted by Gasteiger charge is -2.51. The van der Waals surface area contributed by atoms with Crippen molar-refractivity contribution in [2.24, 2.45) is 11.8 Å². The molecule has 31 heavy (non-hydrogen) atoms. The van der Waals surface area contributed by atoms with Crippen LogP contribution in [0.25, 0.3) is 0 Å². The van der Waals surface area contributed by atoms with Crippen LogP contribution in [-0.4, -0.2) is 48.9 Å². The summed E-state index contributed by atoms with van der Waals surface area (Å²) < 4.78 is 24.7. The van der Waals surface area contributed by atoms with E-state index in [2.05, 4.69) is 16.0 Å². The fourth-order valence-electron chi connectivity index (χ4n) is 4.82. The van der Waals surface area contributed by atoms with E-state index in [9.17, 15) is 14.0 Å². The third-order valence-electron chi connectivity index (χ3n) is 6.63. The number of hydrogen-bond acceptors (Lipinski definition) is 5. The Morgan fingerprint density at radius 3 is 2.58 bits per heavy atom. The van der Waals surface area contributed by atoms with Crippen molar-refractivity contribution in [3.63, 3.8) is 0 Å². The maximum atomic E-state index is 13.5. The number of carbonyl (C=O) groups excluding carboxylic acids is 2. The lowest BCUT2D eigenvalue weighted by molar-refractivity contribution is -0.135. The zero-order valence-electron chi connectivity index (χ0n) is 17.7. The Morgan fingerprint density at radius 2 is 1.94 bits per heavy atom. The molecule has 3 N–H and O–H groups in total. The fourth-order valence-corrected chi connectivity index (χ4v) is 4.94. The number of amides is 2. The van der Waals surface area contributed by atoms with Crippen LogP contribution >= 0.6 is 11.6 Å². The fraction of sp³-hybridized carbons (Fsp3) is 0.636. The Bertz CT molecular complexity index is 835. The van der Waals surface area contributed by atoms with Crippen molar-refractivity contribution >= 4 is 23.4 Å². The molecule has 1 heterocycles. The largest absolute Gasteiger partial charge is 0.484 e. The van der Waals surface area contributed by atoms with Crippen LogP contribution in [0.1, 0.15) is 39.5 Å². The number of fused-ring (bicyclic) bond motifs is 2. The zero-order valence-corrected chi connectivity index (χ0v) is 18.5. The number of hydrogen-bond donors (Lipinski definition) is 3. The predicted molar refractivity (Wildman–Crippen MR) is 113 cm³/mol. The first-order chi connectivity index (χ1) is 14.8. The second kappa shape index (κ2) is 9.30.